The van der Waals surface area contributed by atoms with Crippen molar-refractivity contribution >= 4 is 35.2 Å². The van der Waals surface area contributed by atoms with Crippen molar-refractivity contribution in [3.8, 4) is 0 Å². The summed E-state index contributed by atoms with van der Waals surface area (Å²) >= 11 is 0. The van der Waals surface area contributed by atoms with Crippen molar-refractivity contribution in [1.82, 2.24) is 9.88 Å². The zero-order valence-electron chi connectivity index (χ0n) is 15.7. The monoisotopic (exact) mass is 420 g/mol. The maximum atomic E-state index is 12.7. The highest BCUT2D eigenvalue weighted by atomic mass is 19.4. The summed E-state index contributed by atoms with van der Waals surface area (Å²) in [5, 5.41) is 9.68. The Kier molecular flexibility index (Phi) is 5.90. The maximum Gasteiger partial charge on any atom is 0.416 e. The Bertz CT molecular complexity index is 954. The van der Waals surface area contributed by atoms with Crippen LogP contribution in [-0.4, -0.2) is 54.1 Å². The molecule has 1 aromatic carbocycles. The number of aromatic nitrogens is 1. The zero-order chi connectivity index (χ0) is 21.9. The van der Waals surface area contributed by atoms with Gasteiger partial charge in [0.05, 0.1) is 17.4 Å². The quantitative estimate of drug-likeness (QED) is 0.519. The highest BCUT2D eigenvalue weighted by molar-refractivity contribution is 6.39. The molecule has 11 heteroatoms. The minimum absolute atomic E-state index is 0.133. The second-order valence-electron chi connectivity index (χ2n) is 6.62. The standard InChI is InChI=1S/C19H19F3N6O2/c20-19(21,22)13-1-3-15(4-2-13)27-5-7-28(8-6-27)18(30)17(29)26-14-9-12(10-23)16(24)25-11-14/h1-4,9-11,23H,5-8H2,(H2,24,25)(H,26,29). The molecule has 1 fully saturated rings. The van der Waals surface area contributed by atoms with Crippen LogP contribution in [0, 0.1) is 5.41 Å². The lowest BCUT2D eigenvalue weighted by Gasteiger charge is -2.35. The van der Waals surface area contributed by atoms with E-state index in [1.54, 1.807) is 0 Å². The average molecular weight is 420 g/mol. The van der Waals surface area contributed by atoms with E-state index in [4.69, 9.17) is 11.1 Å². The Labute approximate surface area is 170 Å². The lowest BCUT2D eigenvalue weighted by Crippen LogP contribution is -2.51. The number of nitrogen functional groups attached to an aromatic ring is 1. The molecule has 30 heavy (non-hydrogen) atoms. The molecule has 1 aliphatic rings. The average Bonchev–Trinajstić information content (AvgIpc) is 2.74. The molecule has 0 atom stereocenters. The van der Waals surface area contributed by atoms with Gasteiger partial charge in [-0.2, -0.15) is 13.2 Å². The molecule has 3 rings (SSSR count). The van der Waals surface area contributed by atoms with E-state index >= 15 is 0 Å². The van der Waals surface area contributed by atoms with Gasteiger partial charge in [-0.15, -0.1) is 0 Å². The number of alkyl halides is 3. The van der Waals surface area contributed by atoms with E-state index in [0.717, 1.165) is 18.3 Å². The summed E-state index contributed by atoms with van der Waals surface area (Å²) in [5.41, 5.74) is 6.03. The number of halogens is 3. The van der Waals surface area contributed by atoms with E-state index in [-0.39, 0.29) is 24.6 Å². The van der Waals surface area contributed by atoms with Crippen molar-refractivity contribution in [3.05, 3.63) is 47.7 Å². The number of benzene rings is 1. The first-order valence-electron chi connectivity index (χ1n) is 8.97. The summed E-state index contributed by atoms with van der Waals surface area (Å²) in [6.45, 7) is 1.26. The SMILES string of the molecule is N=Cc1cc(NC(=O)C(=O)N2CCN(c3ccc(C(F)(F)F)cc3)CC2)cnc1N. The van der Waals surface area contributed by atoms with Gasteiger partial charge in [0.25, 0.3) is 0 Å². The van der Waals surface area contributed by atoms with Gasteiger partial charge in [-0.05, 0) is 30.3 Å². The van der Waals surface area contributed by atoms with Crippen LogP contribution in [0.25, 0.3) is 0 Å². The van der Waals surface area contributed by atoms with Crippen molar-refractivity contribution in [2.45, 2.75) is 6.18 Å². The summed E-state index contributed by atoms with van der Waals surface area (Å²) in [6.07, 6.45) is -2.12. The lowest BCUT2D eigenvalue weighted by atomic mass is 10.1. The van der Waals surface area contributed by atoms with Gasteiger partial charge < -0.3 is 26.3 Å². The van der Waals surface area contributed by atoms with Gasteiger partial charge in [-0.3, -0.25) is 9.59 Å². The molecule has 4 N–H and O–H groups in total. The van der Waals surface area contributed by atoms with E-state index in [1.807, 2.05) is 4.90 Å². The first-order chi connectivity index (χ1) is 14.2. The van der Waals surface area contributed by atoms with Crippen LogP contribution in [0.3, 0.4) is 0 Å². The number of nitrogens with one attached hydrogen (secondary N) is 2. The number of carbonyl (C=O) groups is 2. The Hall–Kier alpha value is -3.63. The molecule has 2 heterocycles. The normalized spacial score (nSPS) is 14.4. The number of anilines is 3. The number of pyridine rings is 1. The van der Waals surface area contributed by atoms with Crippen LogP contribution in [0.1, 0.15) is 11.1 Å². The van der Waals surface area contributed by atoms with Crippen LogP contribution in [-0.2, 0) is 15.8 Å². The fraction of sp³-hybridized carbons (Fsp3) is 0.263. The van der Waals surface area contributed by atoms with Crippen LogP contribution in [0.4, 0.5) is 30.4 Å². The first kappa shape index (κ1) is 21.1. The molecule has 2 amide bonds. The zero-order valence-corrected chi connectivity index (χ0v) is 15.7. The van der Waals surface area contributed by atoms with Crippen molar-refractivity contribution in [3.63, 3.8) is 0 Å². The number of hydrogen-bond acceptors (Lipinski definition) is 6. The molecule has 0 radical (unpaired) electrons. The fourth-order valence-corrected chi connectivity index (χ4v) is 3.03. The van der Waals surface area contributed by atoms with Crippen molar-refractivity contribution in [2.24, 2.45) is 0 Å². The van der Waals surface area contributed by atoms with E-state index in [0.29, 0.717) is 24.3 Å². The first-order valence-corrected chi connectivity index (χ1v) is 8.97. The molecular weight excluding hydrogens is 401 g/mol. The molecule has 0 unspecified atom stereocenters. The smallest absolute Gasteiger partial charge is 0.383 e. The van der Waals surface area contributed by atoms with Crippen LogP contribution in [0.2, 0.25) is 0 Å². The summed E-state index contributed by atoms with van der Waals surface area (Å²) in [4.78, 5) is 31.7. The van der Waals surface area contributed by atoms with Crippen LogP contribution in [0.15, 0.2) is 36.5 Å². The molecule has 1 aliphatic heterocycles. The second-order valence-corrected chi connectivity index (χ2v) is 6.62. The van der Waals surface area contributed by atoms with Crippen LogP contribution < -0.4 is 16.0 Å². The van der Waals surface area contributed by atoms with Gasteiger partial charge in [0.1, 0.15) is 5.82 Å². The number of nitrogens with two attached hydrogens (primary N) is 1. The third-order valence-electron chi connectivity index (χ3n) is 4.68. The van der Waals surface area contributed by atoms with E-state index in [9.17, 15) is 22.8 Å². The fourth-order valence-electron chi connectivity index (χ4n) is 3.03. The number of rotatable bonds is 3. The predicted molar refractivity (Wildman–Crippen MR) is 105 cm³/mol. The molecule has 0 spiro atoms. The number of nitrogens with zero attached hydrogens (tertiary/aromatic N) is 3. The van der Waals surface area contributed by atoms with Crippen molar-refractivity contribution in [1.29, 1.82) is 5.41 Å². The lowest BCUT2D eigenvalue weighted by molar-refractivity contribution is -0.143. The third kappa shape index (κ3) is 4.67. The van der Waals surface area contributed by atoms with Gasteiger partial charge >= 0.3 is 18.0 Å². The largest absolute Gasteiger partial charge is 0.416 e. The highest BCUT2D eigenvalue weighted by Gasteiger charge is 2.31. The van der Waals surface area contributed by atoms with Gasteiger partial charge in [-0.25, -0.2) is 4.98 Å². The Morgan fingerprint density at radius 1 is 1.13 bits per heavy atom. The van der Waals surface area contributed by atoms with Gasteiger partial charge in [0.2, 0.25) is 0 Å². The number of piperazine rings is 1. The minimum Gasteiger partial charge on any atom is -0.383 e. The molecular formula is C19H19F3N6O2. The molecule has 8 nitrogen and oxygen atoms in total. The summed E-state index contributed by atoms with van der Waals surface area (Å²) in [5.74, 6) is -1.44. The Balaban J connectivity index is 1.57. The van der Waals surface area contributed by atoms with Crippen LogP contribution in [0.5, 0.6) is 0 Å². The summed E-state index contributed by atoms with van der Waals surface area (Å²) < 4.78 is 38.0. The van der Waals surface area contributed by atoms with E-state index < -0.39 is 23.6 Å². The summed E-state index contributed by atoms with van der Waals surface area (Å²) in [7, 11) is 0. The van der Waals surface area contributed by atoms with E-state index in [1.165, 1.54) is 29.3 Å². The topological polar surface area (TPSA) is 115 Å². The third-order valence-corrected chi connectivity index (χ3v) is 4.68. The van der Waals surface area contributed by atoms with Gasteiger partial charge in [0.15, 0.2) is 0 Å². The molecule has 1 aromatic heterocycles. The molecule has 0 bridgehead atoms. The minimum atomic E-state index is -4.39. The van der Waals surface area contributed by atoms with Gasteiger partial charge in [0, 0.05) is 43.6 Å². The molecule has 0 saturated carbocycles. The highest BCUT2D eigenvalue weighted by Crippen LogP contribution is 2.30. The van der Waals surface area contributed by atoms with Crippen molar-refractivity contribution < 1.29 is 22.8 Å². The molecule has 0 aliphatic carbocycles. The molecule has 2 aromatic rings. The van der Waals surface area contributed by atoms with Crippen LogP contribution >= 0.6 is 0 Å². The Morgan fingerprint density at radius 3 is 2.33 bits per heavy atom. The second kappa shape index (κ2) is 8.39. The number of carbonyl (C=O) groups excluding carboxylic acids is 2. The van der Waals surface area contributed by atoms with E-state index in [2.05, 4.69) is 10.3 Å². The van der Waals surface area contributed by atoms with Gasteiger partial charge in [-0.1, -0.05) is 0 Å². The molecule has 158 valence electrons. The number of hydrogen-bond donors (Lipinski definition) is 3. The maximum absolute atomic E-state index is 12.7. The van der Waals surface area contributed by atoms with Crippen molar-refractivity contribution in [2.75, 3.05) is 42.1 Å². The molecule has 1 saturated heterocycles. The summed E-state index contributed by atoms with van der Waals surface area (Å²) in [6, 6.07) is 6.25. The Morgan fingerprint density at radius 2 is 1.77 bits per heavy atom. The predicted octanol–water partition coefficient (Wildman–Crippen LogP) is 1.97. The number of amides is 2.